The first kappa shape index (κ1) is 11.9. The van der Waals surface area contributed by atoms with Crippen molar-refractivity contribution in [3.05, 3.63) is 0 Å². The molecule has 0 aliphatic rings. The van der Waals surface area contributed by atoms with Gasteiger partial charge in [0.2, 0.25) is 0 Å². The zero-order chi connectivity index (χ0) is 9.56. The van der Waals surface area contributed by atoms with Crippen LogP contribution in [0.25, 0.3) is 0 Å². The van der Waals surface area contributed by atoms with Crippen LogP contribution >= 0.6 is 0 Å². The van der Waals surface area contributed by atoms with Gasteiger partial charge in [-0.25, -0.2) is 0 Å². The van der Waals surface area contributed by atoms with Crippen molar-refractivity contribution in [1.82, 2.24) is 0 Å². The third-order valence-corrected chi connectivity index (χ3v) is 2.59. The summed E-state index contributed by atoms with van der Waals surface area (Å²) >= 11 is 0. The smallest absolute Gasteiger partial charge is 0.0801 e. The highest BCUT2D eigenvalue weighted by Crippen LogP contribution is 2.17. The summed E-state index contributed by atoms with van der Waals surface area (Å²) in [4.78, 5) is 0. The van der Waals surface area contributed by atoms with Gasteiger partial charge in [0.15, 0.2) is 0 Å². The molecule has 0 aromatic rings. The maximum Gasteiger partial charge on any atom is 0.0801 e. The summed E-state index contributed by atoms with van der Waals surface area (Å²) in [5, 5.41) is 18.8. The molecule has 12 heavy (non-hydrogen) atoms. The molecule has 0 bridgehead atoms. The molecule has 0 saturated heterocycles. The summed E-state index contributed by atoms with van der Waals surface area (Å²) in [6.07, 6.45) is 2.49. The van der Waals surface area contributed by atoms with Crippen molar-refractivity contribution in [2.75, 3.05) is 0 Å². The fourth-order valence-corrected chi connectivity index (χ4v) is 1.39. The fraction of sp³-hybridized carbons (Fsp3) is 1.00. The van der Waals surface area contributed by atoms with Crippen molar-refractivity contribution in [3.63, 3.8) is 0 Å². The van der Waals surface area contributed by atoms with Gasteiger partial charge in [-0.2, -0.15) is 0 Å². The Hall–Kier alpha value is -0.0800. The van der Waals surface area contributed by atoms with Crippen molar-refractivity contribution < 1.29 is 10.2 Å². The molecule has 0 saturated carbocycles. The van der Waals surface area contributed by atoms with Crippen LogP contribution < -0.4 is 0 Å². The molecule has 0 fully saturated rings. The van der Waals surface area contributed by atoms with Gasteiger partial charge in [0.05, 0.1) is 12.2 Å². The number of aliphatic hydroxyl groups is 2. The number of aliphatic hydroxyl groups excluding tert-OH is 2. The van der Waals surface area contributed by atoms with E-state index in [1.54, 1.807) is 0 Å². The van der Waals surface area contributed by atoms with E-state index in [0.29, 0.717) is 12.3 Å². The van der Waals surface area contributed by atoms with Crippen LogP contribution in [-0.2, 0) is 0 Å². The summed E-state index contributed by atoms with van der Waals surface area (Å²) in [6, 6.07) is 0. The van der Waals surface area contributed by atoms with Crippen LogP contribution in [0.3, 0.4) is 0 Å². The summed E-state index contributed by atoms with van der Waals surface area (Å²) in [5.74, 6) is 0.557. The van der Waals surface area contributed by atoms with Crippen molar-refractivity contribution in [1.29, 1.82) is 0 Å². The predicted molar refractivity (Wildman–Crippen MR) is 51.0 cm³/mol. The van der Waals surface area contributed by atoms with E-state index in [0.717, 1.165) is 19.3 Å². The molecule has 0 aromatic heterocycles. The van der Waals surface area contributed by atoms with Gasteiger partial charge in [-0.05, 0) is 18.8 Å². The molecule has 0 heterocycles. The van der Waals surface area contributed by atoms with Crippen LogP contribution in [0.4, 0.5) is 0 Å². The Kier molecular flexibility index (Phi) is 6.39. The van der Waals surface area contributed by atoms with E-state index in [1.165, 1.54) is 0 Å². The molecule has 0 radical (unpaired) electrons. The third kappa shape index (κ3) is 4.07. The molecule has 0 rings (SSSR count). The second-order valence-electron chi connectivity index (χ2n) is 3.46. The third-order valence-electron chi connectivity index (χ3n) is 2.59. The molecule has 0 aliphatic heterocycles. The number of hydrogen-bond acceptors (Lipinski definition) is 2. The first-order chi connectivity index (χ1) is 5.65. The Bertz CT molecular complexity index is 100. The molecule has 0 amide bonds. The average Bonchev–Trinajstić information content (AvgIpc) is 2.12. The minimum atomic E-state index is -0.536. The normalized spacial score (nSPS) is 16.5. The van der Waals surface area contributed by atoms with Gasteiger partial charge in [0.1, 0.15) is 0 Å². The monoisotopic (exact) mass is 174 g/mol. The van der Waals surface area contributed by atoms with Crippen LogP contribution in [0.15, 0.2) is 0 Å². The minimum Gasteiger partial charge on any atom is -0.390 e. The number of hydrogen-bond donors (Lipinski definition) is 2. The van der Waals surface area contributed by atoms with Crippen molar-refractivity contribution in [2.45, 2.75) is 58.7 Å². The lowest BCUT2D eigenvalue weighted by atomic mass is 9.93. The lowest BCUT2D eigenvalue weighted by molar-refractivity contribution is 0.00256. The average molecular weight is 174 g/mol. The maximum absolute atomic E-state index is 9.50. The van der Waals surface area contributed by atoms with Crippen LogP contribution in [0.2, 0.25) is 0 Å². The minimum absolute atomic E-state index is 0.528. The number of rotatable bonds is 6. The predicted octanol–water partition coefficient (Wildman–Crippen LogP) is 1.94. The van der Waals surface area contributed by atoms with Crippen molar-refractivity contribution in [3.8, 4) is 0 Å². The van der Waals surface area contributed by atoms with Crippen LogP contribution in [0.1, 0.15) is 46.5 Å². The summed E-state index contributed by atoms with van der Waals surface area (Å²) < 4.78 is 0. The largest absolute Gasteiger partial charge is 0.390 e. The lowest BCUT2D eigenvalue weighted by Crippen LogP contribution is -2.27. The molecule has 2 unspecified atom stereocenters. The Labute approximate surface area is 75.6 Å². The topological polar surface area (TPSA) is 40.5 Å². The van der Waals surface area contributed by atoms with Gasteiger partial charge < -0.3 is 10.2 Å². The van der Waals surface area contributed by atoms with Crippen LogP contribution in [-0.4, -0.2) is 22.4 Å². The van der Waals surface area contributed by atoms with E-state index >= 15 is 0 Å². The Balaban J connectivity index is 3.72. The molecular formula is C10H22O2. The molecule has 0 aliphatic carbocycles. The lowest BCUT2D eigenvalue weighted by Gasteiger charge is -2.20. The van der Waals surface area contributed by atoms with Gasteiger partial charge in [0.25, 0.3) is 0 Å². The zero-order valence-electron chi connectivity index (χ0n) is 8.45. The van der Waals surface area contributed by atoms with Crippen LogP contribution in [0.5, 0.6) is 0 Å². The highest BCUT2D eigenvalue weighted by molar-refractivity contribution is 4.69. The summed E-state index contributed by atoms with van der Waals surface area (Å²) in [7, 11) is 0. The van der Waals surface area contributed by atoms with Gasteiger partial charge in [-0.3, -0.25) is 0 Å². The Morgan fingerprint density at radius 3 is 1.67 bits per heavy atom. The van der Waals surface area contributed by atoms with E-state index in [2.05, 4.69) is 13.8 Å². The Morgan fingerprint density at radius 2 is 1.33 bits per heavy atom. The fourth-order valence-electron chi connectivity index (χ4n) is 1.39. The maximum atomic E-state index is 9.50. The quantitative estimate of drug-likeness (QED) is 0.646. The van der Waals surface area contributed by atoms with E-state index in [-0.39, 0.29) is 0 Å². The first-order valence-electron chi connectivity index (χ1n) is 5.01. The molecule has 2 atom stereocenters. The van der Waals surface area contributed by atoms with E-state index in [4.69, 9.17) is 0 Å². The highest BCUT2D eigenvalue weighted by atomic mass is 16.3. The van der Waals surface area contributed by atoms with E-state index in [9.17, 15) is 10.2 Å². The van der Waals surface area contributed by atoms with Gasteiger partial charge in [-0.1, -0.05) is 33.6 Å². The highest BCUT2D eigenvalue weighted by Gasteiger charge is 2.17. The Morgan fingerprint density at radius 1 is 0.833 bits per heavy atom. The van der Waals surface area contributed by atoms with Crippen LogP contribution in [0, 0.1) is 5.92 Å². The molecule has 74 valence electrons. The van der Waals surface area contributed by atoms with Crippen molar-refractivity contribution >= 4 is 0 Å². The van der Waals surface area contributed by atoms with E-state index in [1.807, 2.05) is 6.92 Å². The first-order valence-corrected chi connectivity index (χ1v) is 5.01. The molecule has 2 N–H and O–H groups in total. The van der Waals surface area contributed by atoms with Gasteiger partial charge in [-0.15, -0.1) is 0 Å². The summed E-state index contributed by atoms with van der Waals surface area (Å²) in [5.41, 5.74) is 0. The molecule has 0 spiro atoms. The zero-order valence-corrected chi connectivity index (χ0v) is 8.45. The van der Waals surface area contributed by atoms with Crippen molar-refractivity contribution in [2.24, 2.45) is 5.92 Å². The standard InChI is InChI=1S/C10H22O2/c1-4-8(5-2)7-10(12)9(11)6-3/h8-12H,4-7H2,1-3H3. The molecule has 2 heteroatoms. The molecule has 0 aromatic carbocycles. The summed E-state index contributed by atoms with van der Waals surface area (Å²) in [6.45, 7) is 6.14. The van der Waals surface area contributed by atoms with Gasteiger partial charge >= 0.3 is 0 Å². The van der Waals surface area contributed by atoms with E-state index < -0.39 is 12.2 Å². The second-order valence-corrected chi connectivity index (χ2v) is 3.46. The second kappa shape index (κ2) is 6.44. The molecular weight excluding hydrogens is 152 g/mol. The SMILES string of the molecule is CCC(CC)CC(O)C(O)CC. The van der Waals surface area contributed by atoms with Gasteiger partial charge in [0, 0.05) is 0 Å². The molecule has 2 nitrogen and oxygen atoms in total.